The summed E-state index contributed by atoms with van der Waals surface area (Å²) in [5, 5.41) is 2.84. The lowest BCUT2D eigenvalue weighted by Gasteiger charge is -2.16. The zero-order valence-electron chi connectivity index (χ0n) is 17.0. The van der Waals surface area contributed by atoms with Crippen molar-refractivity contribution in [3.63, 3.8) is 0 Å². The first-order valence-electron chi connectivity index (χ1n) is 9.69. The summed E-state index contributed by atoms with van der Waals surface area (Å²) in [6.45, 7) is 3.89. The van der Waals surface area contributed by atoms with E-state index in [1.807, 2.05) is 38.1 Å². The number of benzene rings is 3. The van der Waals surface area contributed by atoms with Crippen LogP contribution >= 0.6 is 0 Å². The van der Waals surface area contributed by atoms with Crippen LogP contribution in [0.2, 0.25) is 0 Å². The second kappa shape index (κ2) is 7.91. The molecule has 6 heteroatoms. The Hall–Kier alpha value is -3.80. The standard InChI is InChI=1S/C24H22N2O4/c1-15(2)29-18-11-8-16(9-12-18)23(27)25-17-10-13-21-19(14-17)24(28)26(3)20-6-4-5-7-22(20)30-21/h4-15H,1-3H3,(H,25,27). The van der Waals surface area contributed by atoms with Gasteiger partial charge in [-0.3, -0.25) is 9.59 Å². The summed E-state index contributed by atoms with van der Waals surface area (Å²) in [7, 11) is 1.70. The maximum atomic E-state index is 13.0. The Morgan fingerprint density at radius 3 is 2.47 bits per heavy atom. The lowest BCUT2D eigenvalue weighted by Crippen LogP contribution is -2.25. The number of para-hydroxylation sites is 2. The Balaban J connectivity index is 1.56. The van der Waals surface area contributed by atoms with E-state index < -0.39 is 0 Å². The van der Waals surface area contributed by atoms with E-state index in [1.165, 1.54) is 0 Å². The highest BCUT2D eigenvalue weighted by molar-refractivity contribution is 6.11. The van der Waals surface area contributed by atoms with Crippen molar-refractivity contribution in [2.45, 2.75) is 20.0 Å². The summed E-state index contributed by atoms with van der Waals surface area (Å²) < 4.78 is 11.5. The van der Waals surface area contributed by atoms with E-state index in [1.54, 1.807) is 54.4 Å². The van der Waals surface area contributed by atoms with Gasteiger partial charge in [0.25, 0.3) is 11.8 Å². The number of carbonyl (C=O) groups excluding carboxylic acids is 2. The van der Waals surface area contributed by atoms with E-state index >= 15 is 0 Å². The van der Waals surface area contributed by atoms with Crippen molar-refractivity contribution in [1.29, 1.82) is 0 Å². The van der Waals surface area contributed by atoms with Crippen LogP contribution in [0.3, 0.4) is 0 Å². The first-order valence-corrected chi connectivity index (χ1v) is 9.69. The van der Waals surface area contributed by atoms with Gasteiger partial charge in [0.15, 0.2) is 5.75 Å². The molecule has 0 aromatic heterocycles. The summed E-state index contributed by atoms with van der Waals surface area (Å²) in [6.07, 6.45) is 0.0632. The van der Waals surface area contributed by atoms with Gasteiger partial charge in [0.2, 0.25) is 0 Å². The highest BCUT2D eigenvalue weighted by Crippen LogP contribution is 2.38. The Morgan fingerprint density at radius 2 is 1.73 bits per heavy atom. The SMILES string of the molecule is CC(C)Oc1ccc(C(=O)Nc2ccc3c(c2)C(=O)N(C)c2ccccc2O3)cc1. The highest BCUT2D eigenvalue weighted by atomic mass is 16.5. The van der Waals surface area contributed by atoms with E-state index in [0.29, 0.717) is 39.8 Å². The third-order valence-electron chi connectivity index (χ3n) is 4.71. The zero-order chi connectivity index (χ0) is 21.3. The molecule has 1 N–H and O–H groups in total. The molecule has 6 nitrogen and oxygen atoms in total. The van der Waals surface area contributed by atoms with Crippen molar-refractivity contribution in [3.05, 3.63) is 77.9 Å². The molecule has 0 unspecified atom stereocenters. The second-order valence-corrected chi connectivity index (χ2v) is 7.29. The van der Waals surface area contributed by atoms with Crippen molar-refractivity contribution < 1.29 is 19.1 Å². The number of hydrogen-bond donors (Lipinski definition) is 1. The quantitative estimate of drug-likeness (QED) is 0.659. The maximum absolute atomic E-state index is 13.0. The Labute approximate surface area is 175 Å². The lowest BCUT2D eigenvalue weighted by molar-refractivity contribution is 0.0990. The Bertz CT molecular complexity index is 1110. The predicted molar refractivity (Wildman–Crippen MR) is 116 cm³/mol. The van der Waals surface area contributed by atoms with Crippen molar-refractivity contribution in [2.24, 2.45) is 0 Å². The van der Waals surface area contributed by atoms with Gasteiger partial charge in [0.1, 0.15) is 11.5 Å². The van der Waals surface area contributed by atoms with E-state index in [-0.39, 0.29) is 17.9 Å². The van der Waals surface area contributed by atoms with Crippen LogP contribution in [-0.2, 0) is 0 Å². The fraction of sp³-hybridized carbons (Fsp3) is 0.167. The summed E-state index contributed by atoms with van der Waals surface area (Å²) >= 11 is 0. The maximum Gasteiger partial charge on any atom is 0.261 e. The topological polar surface area (TPSA) is 67.9 Å². The largest absolute Gasteiger partial charge is 0.491 e. The number of fused-ring (bicyclic) bond motifs is 2. The van der Waals surface area contributed by atoms with E-state index in [4.69, 9.17) is 9.47 Å². The third kappa shape index (κ3) is 3.85. The van der Waals surface area contributed by atoms with Gasteiger partial charge in [-0.15, -0.1) is 0 Å². The highest BCUT2D eigenvalue weighted by Gasteiger charge is 2.26. The normalized spacial score (nSPS) is 12.5. The van der Waals surface area contributed by atoms with Crippen LogP contribution < -0.4 is 19.7 Å². The van der Waals surface area contributed by atoms with Gasteiger partial charge in [-0.05, 0) is 68.4 Å². The van der Waals surface area contributed by atoms with Crippen molar-refractivity contribution in [3.8, 4) is 17.2 Å². The van der Waals surface area contributed by atoms with Gasteiger partial charge in [-0.1, -0.05) is 12.1 Å². The molecule has 0 saturated carbocycles. The van der Waals surface area contributed by atoms with Crippen molar-refractivity contribution in [1.82, 2.24) is 0 Å². The molecule has 0 atom stereocenters. The van der Waals surface area contributed by atoms with Gasteiger partial charge in [-0.2, -0.15) is 0 Å². The molecule has 0 spiro atoms. The molecule has 152 valence electrons. The molecule has 3 aromatic carbocycles. The summed E-state index contributed by atoms with van der Waals surface area (Å²) in [5.41, 5.74) is 2.07. The minimum atomic E-state index is -0.273. The van der Waals surface area contributed by atoms with Crippen LogP contribution in [0.1, 0.15) is 34.6 Å². The smallest absolute Gasteiger partial charge is 0.261 e. The van der Waals surface area contributed by atoms with Crippen LogP contribution in [0, 0.1) is 0 Å². The number of rotatable bonds is 4. The molecular weight excluding hydrogens is 380 g/mol. The summed E-state index contributed by atoms with van der Waals surface area (Å²) in [4.78, 5) is 27.1. The second-order valence-electron chi connectivity index (χ2n) is 7.29. The van der Waals surface area contributed by atoms with Crippen LogP contribution in [0.4, 0.5) is 11.4 Å². The van der Waals surface area contributed by atoms with Gasteiger partial charge < -0.3 is 19.7 Å². The van der Waals surface area contributed by atoms with E-state index in [9.17, 15) is 9.59 Å². The number of carbonyl (C=O) groups is 2. The van der Waals surface area contributed by atoms with Gasteiger partial charge in [0, 0.05) is 18.3 Å². The van der Waals surface area contributed by atoms with Crippen molar-refractivity contribution >= 4 is 23.2 Å². The molecule has 30 heavy (non-hydrogen) atoms. The van der Waals surface area contributed by atoms with E-state index in [2.05, 4.69) is 5.32 Å². The molecule has 0 radical (unpaired) electrons. The number of amides is 2. The van der Waals surface area contributed by atoms with Crippen LogP contribution in [-0.4, -0.2) is 25.0 Å². The molecular formula is C24H22N2O4. The summed E-state index contributed by atoms with van der Waals surface area (Å²) in [5.74, 6) is 1.28. The molecule has 4 rings (SSSR count). The molecule has 0 fully saturated rings. The zero-order valence-corrected chi connectivity index (χ0v) is 17.0. The molecule has 3 aromatic rings. The van der Waals surface area contributed by atoms with Gasteiger partial charge in [0.05, 0.1) is 17.4 Å². The van der Waals surface area contributed by atoms with Crippen LogP contribution in [0.5, 0.6) is 17.2 Å². The monoisotopic (exact) mass is 402 g/mol. The van der Waals surface area contributed by atoms with Crippen LogP contribution in [0.15, 0.2) is 66.7 Å². The third-order valence-corrected chi connectivity index (χ3v) is 4.71. The average Bonchev–Trinajstić information content (AvgIpc) is 2.83. The molecule has 1 heterocycles. The fourth-order valence-corrected chi connectivity index (χ4v) is 3.25. The number of nitrogens with one attached hydrogen (secondary N) is 1. The average molecular weight is 402 g/mol. The minimum Gasteiger partial charge on any atom is -0.491 e. The summed E-state index contributed by atoms with van der Waals surface area (Å²) in [6, 6.07) is 19.3. The Kier molecular flexibility index (Phi) is 5.14. The molecule has 0 aliphatic carbocycles. The predicted octanol–water partition coefficient (Wildman–Crippen LogP) is 5.11. The molecule has 0 bridgehead atoms. The minimum absolute atomic E-state index is 0.0632. The number of hydrogen-bond acceptors (Lipinski definition) is 4. The van der Waals surface area contributed by atoms with E-state index in [0.717, 1.165) is 0 Å². The molecule has 1 aliphatic heterocycles. The van der Waals surface area contributed by atoms with Gasteiger partial charge >= 0.3 is 0 Å². The van der Waals surface area contributed by atoms with Crippen LogP contribution in [0.25, 0.3) is 0 Å². The first kappa shape index (κ1) is 19.5. The number of ether oxygens (including phenoxy) is 2. The number of nitrogens with zero attached hydrogens (tertiary/aromatic N) is 1. The Morgan fingerprint density at radius 1 is 1.00 bits per heavy atom. The number of anilines is 2. The van der Waals surface area contributed by atoms with Crippen molar-refractivity contribution in [2.75, 3.05) is 17.3 Å². The molecule has 2 amide bonds. The molecule has 0 saturated heterocycles. The van der Waals surface area contributed by atoms with Gasteiger partial charge in [-0.25, -0.2) is 0 Å². The first-order chi connectivity index (χ1) is 14.4. The fourth-order valence-electron chi connectivity index (χ4n) is 3.25. The lowest BCUT2D eigenvalue weighted by atomic mass is 10.1. The molecule has 1 aliphatic rings.